The molecule has 2 nitrogen and oxygen atoms in total. The second-order valence-corrected chi connectivity index (χ2v) is 12.9. The van der Waals surface area contributed by atoms with E-state index in [4.69, 9.17) is 0 Å². The van der Waals surface area contributed by atoms with E-state index in [9.17, 15) is 0 Å². The topological polar surface area (TPSA) is 9.86 Å². The molecule has 0 N–H and O–H groups in total. The van der Waals surface area contributed by atoms with Gasteiger partial charge in [0.15, 0.2) is 0 Å². The van der Waals surface area contributed by atoms with Gasteiger partial charge in [-0.25, -0.2) is 0 Å². The average molecular weight is 637 g/mol. The van der Waals surface area contributed by atoms with Crippen LogP contribution in [0.15, 0.2) is 194 Å². The average Bonchev–Trinajstić information content (AvgIpc) is 3.71. The predicted molar refractivity (Wildman–Crippen MR) is 211 cm³/mol. The molecule has 0 spiro atoms. The summed E-state index contributed by atoms with van der Waals surface area (Å²) in [5, 5.41) is 5.03. The number of hydrogen-bond acceptors (Lipinski definition) is 0. The van der Waals surface area contributed by atoms with Gasteiger partial charge in [0.1, 0.15) is 0 Å². The highest BCUT2D eigenvalue weighted by Gasteiger charge is 2.19. The van der Waals surface area contributed by atoms with Crippen molar-refractivity contribution in [3.8, 4) is 44.8 Å². The molecule has 0 saturated carbocycles. The lowest BCUT2D eigenvalue weighted by Crippen LogP contribution is -1.96. The molecule has 0 fully saturated rings. The first-order valence-corrected chi connectivity index (χ1v) is 17.2. The van der Waals surface area contributed by atoms with Gasteiger partial charge in [0.25, 0.3) is 0 Å². The Hall–Kier alpha value is -6.64. The van der Waals surface area contributed by atoms with Crippen LogP contribution in [0.3, 0.4) is 0 Å². The molecule has 0 atom stereocenters. The van der Waals surface area contributed by atoms with Crippen molar-refractivity contribution in [3.63, 3.8) is 0 Å². The molecule has 0 bridgehead atoms. The maximum Gasteiger partial charge on any atom is 0.0547 e. The molecule has 0 aliphatic rings. The van der Waals surface area contributed by atoms with E-state index in [2.05, 4.69) is 203 Å². The van der Waals surface area contributed by atoms with Crippen LogP contribution in [0, 0.1) is 0 Å². The zero-order valence-corrected chi connectivity index (χ0v) is 27.4. The van der Waals surface area contributed by atoms with E-state index in [1.54, 1.807) is 0 Å². The molecule has 0 aliphatic heterocycles. The smallest absolute Gasteiger partial charge is 0.0547 e. The lowest BCUT2D eigenvalue weighted by atomic mass is 9.94. The SMILES string of the molecule is c1ccc(-c2ccc(-n3c4ccccc4c4c(-c5ccc6c7ccccc7n(-c7ccccc7)c6c5)cccc43)cc2-c2ccccc2)cc1. The molecule has 2 aromatic heterocycles. The van der Waals surface area contributed by atoms with Crippen LogP contribution in [0.5, 0.6) is 0 Å². The highest BCUT2D eigenvalue weighted by molar-refractivity contribution is 6.17. The molecule has 8 aromatic carbocycles. The summed E-state index contributed by atoms with van der Waals surface area (Å²) in [6.07, 6.45) is 0. The summed E-state index contributed by atoms with van der Waals surface area (Å²) in [6, 6.07) is 70.4. The molecular weight excluding hydrogens is 605 g/mol. The van der Waals surface area contributed by atoms with Gasteiger partial charge in [-0.3, -0.25) is 0 Å². The minimum atomic E-state index is 1.14. The van der Waals surface area contributed by atoms with Gasteiger partial charge in [0, 0.05) is 32.9 Å². The highest BCUT2D eigenvalue weighted by Crippen LogP contribution is 2.42. The zero-order chi connectivity index (χ0) is 33.0. The fourth-order valence-corrected chi connectivity index (χ4v) is 7.93. The Labute approximate surface area is 290 Å². The molecule has 0 aliphatic carbocycles. The van der Waals surface area contributed by atoms with Crippen LogP contribution >= 0.6 is 0 Å². The summed E-state index contributed by atoms with van der Waals surface area (Å²) in [5.41, 5.74) is 14.4. The fraction of sp³-hybridized carbons (Fsp3) is 0. The lowest BCUT2D eigenvalue weighted by molar-refractivity contribution is 1.18. The van der Waals surface area contributed by atoms with Crippen LogP contribution in [-0.2, 0) is 0 Å². The molecule has 0 saturated heterocycles. The van der Waals surface area contributed by atoms with Crippen molar-refractivity contribution in [2.24, 2.45) is 0 Å². The highest BCUT2D eigenvalue weighted by atomic mass is 15.0. The van der Waals surface area contributed by atoms with E-state index in [0.29, 0.717) is 0 Å². The zero-order valence-electron chi connectivity index (χ0n) is 27.4. The monoisotopic (exact) mass is 636 g/mol. The molecule has 234 valence electrons. The van der Waals surface area contributed by atoms with Gasteiger partial charge in [-0.1, -0.05) is 146 Å². The third-order valence-corrected chi connectivity index (χ3v) is 10.1. The Bertz CT molecular complexity index is 2840. The van der Waals surface area contributed by atoms with Crippen LogP contribution < -0.4 is 0 Å². The summed E-state index contributed by atoms with van der Waals surface area (Å²) in [7, 11) is 0. The standard InChI is InChI=1S/C48H32N2/c1-4-15-33(16-5-1)38-30-28-37(32-43(38)34-17-6-2-7-18-34)50-45-25-13-11-22-42(45)48-39(23-14-26-46(48)50)35-27-29-41-40-21-10-12-24-44(40)49(47(41)31-35)36-19-8-3-9-20-36/h1-32H. The first-order chi connectivity index (χ1) is 24.8. The van der Waals surface area contributed by atoms with Crippen molar-refractivity contribution in [1.29, 1.82) is 0 Å². The second-order valence-electron chi connectivity index (χ2n) is 12.9. The number of rotatable bonds is 5. The van der Waals surface area contributed by atoms with E-state index >= 15 is 0 Å². The number of aromatic nitrogens is 2. The predicted octanol–water partition coefficient (Wildman–Crippen LogP) is 12.9. The first kappa shape index (κ1) is 28.4. The molecule has 2 heteroatoms. The van der Waals surface area contributed by atoms with Gasteiger partial charge in [0.2, 0.25) is 0 Å². The summed E-state index contributed by atoms with van der Waals surface area (Å²) in [5.74, 6) is 0. The van der Waals surface area contributed by atoms with Gasteiger partial charge < -0.3 is 9.13 Å². The van der Waals surface area contributed by atoms with Crippen LogP contribution in [0.1, 0.15) is 0 Å². The summed E-state index contributed by atoms with van der Waals surface area (Å²) in [6.45, 7) is 0. The Balaban J connectivity index is 1.22. The minimum absolute atomic E-state index is 1.14. The number of nitrogens with zero attached hydrogens (tertiary/aromatic N) is 2. The Morgan fingerprint density at radius 3 is 1.56 bits per heavy atom. The molecule has 0 radical (unpaired) electrons. The first-order valence-electron chi connectivity index (χ1n) is 17.2. The number of hydrogen-bond donors (Lipinski definition) is 0. The maximum atomic E-state index is 2.44. The molecule has 10 rings (SSSR count). The van der Waals surface area contributed by atoms with E-state index in [1.165, 1.54) is 82.7 Å². The number of benzene rings is 8. The Morgan fingerprint density at radius 2 is 0.820 bits per heavy atom. The van der Waals surface area contributed by atoms with Gasteiger partial charge in [-0.2, -0.15) is 0 Å². The van der Waals surface area contributed by atoms with Crippen LogP contribution in [0.2, 0.25) is 0 Å². The molecular formula is C48H32N2. The van der Waals surface area contributed by atoms with E-state index < -0.39 is 0 Å². The third-order valence-electron chi connectivity index (χ3n) is 10.1. The number of fused-ring (bicyclic) bond motifs is 6. The van der Waals surface area contributed by atoms with Crippen molar-refractivity contribution in [1.82, 2.24) is 9.13 Å². The van der Waals surface area contributed by atoms with Crippen molar-refractivity contribution in [2.45, 2.75) is 0 Å². The van der Waals surface area contributed by atoms with E-state index in [0.717, 1.165) is 5.69 Å². The maximum absolute atomic E-state index is 2.44. The molecule has 0 amide bonds. The lowest BCUT2D eigenvalue weighted by Gasteiger charge is -2.15. The quantitative estimate of drug-likeness (QED) is 0.178. The van der Waals surface area contributed by atoms with Crippen molar-refractivity contribution < 1.29 is 0 Å². The summed E-state index contributed by atoms with van der Waals surface area (Å²) in [4.78, 5) is 0. The minimum Gasteiger partial charge on any atom is -0.309 e. The van der Waals surface area contributed by atoms with Gasteiger partial charge in [-0.05, 0) is 81.9 Å². The van der Waals surface area contributed by atoms with Crippen molar-refractivity contribution >= 4 is 43.6 Å². The van der Waals surface area contributed by atoms with Gasteiger partial charge in [0.05, 0.1) is 22.1 Å². The normalized spacial score (nSPS) is 11.6. The molecule has 10 aromatic rings. The van der Waals surface area contributed by atoms with Crippen molar-refractivity contribution in [2.75, 3.05) is 0 Å². The van der Waals surface area contributed by atoms with E-state index in [1.807, 2.05) is 0 Å². The Morgan fingerprint density at radius 1 is 0.260 bits per heavy atom. The van der Waals surface area contributed by atoms with Crippen LogP contribution in [0.4, 0.5) is 0 Å². The van der Waals surface area contributed by atoms with Gasteiger partial charge in [-0.15, -0.1) is 0 Å². The number of para-hydroxylation sites is 3. The fourth-order valence-electron chi connectivity index (χ4n) is 7.93. The Kier molecular flexibility index (Phi) is 6.53. The molecule has 50 heavy (non-hydrogen) atoms. The van der Waals surface area contributed by atoms with Crippen LogP contribution in [-0.4, -0.2) is 9.13 Å². The second kappa shape index (κ2) is 11.5. The molecule has 0 unspecified atom stereocenters. The molecule has 2 heterocycles. The van der Waals surface area contributed by atoms with Gasteiger partial charge >= 0.3 is 0 Å². The van der Waals surface area contributed by atoms with Crippen molar-refractivity contribution in [3.05, 3.63) is 194 Å². The van der Waals surface area contributed by atoms with Crippen LogP contribution in [0.25, 0.3) is 88.4 Å². The van der Waals surface area contributed by atoms with E-state index in [-0.39, 0.29) is 0 Å². The third kappa shape index (κ3) is 4.43. The largest absolute Gasteiger partial charge is 0.309 e. The summed E-state index contributed by atoms with van der Waals surface area (Å²) >= 11 is 0. The summed E-state index contributed by atoms with van der Waals surface area (Å²) < 4.78 is 4.84.